The van der Waals surface area contributed by atoms with Crippen molar-refractivity contribution in [2.24, 2.45) is 5.84 Å². The van der Waals surface area contributed by atoms with Gasteiger partial charge in [0.1, 0.15) is 10.7 Å². The topological polar surface area (TPSA) is 63.8 Å². The standard InChI is InChI=1S/C11H14N4S2/c1-8-4-2-3-5-9(8)6-16-7-10-11(13-12)17-15-14-10/h2-5,13H,6-7,12H2,1H3. The highest BCUT2D eigenvalue weighted by molar-refractivity contribution is 7.97. The normalized spacial score (nSPS) is 10.5. The second-order valence-electron chi connectivity index (χ2n) is 3.61. The van der Waals surface area contributed by atoms with Crippen molar-refractivity contribution in [1.82, 2.24) is 9.59 Å². The maximum atomic E-state index is 5.37. The summed E-state index contributed by atoms with van der Waals surface area (Å²) in [7, 11) is 0. The third kappa shape index (κ3) is 3.18. The zero-order valence-electron chi connectivity index (χ0n) is 9.51. The van der Waals surface area contributed by atoms with E-state index in [4.69, 9.17) is 5.84 Å². The van der Waals surface area contributed by atoms with Gasteiger partial charge in [0.05, 0.1) is 0 Å². The van der Waals surface area contributed by atoms with Crippen molar-refractivity contribution < 1.29 is 0 Å². The van der Waals surface area contributed by atoms with Gasteiger partial charge in [0.25, 0.3) is 0 Å². The molecule has 0 aliphatic rings. The third-order valence-electron chi connectivity index (χ3n) is 2.44. The van der Waals surface area contributed by atoms with Crippen LogP contribution in [0.15, 0.2) is 24.3 Å². The zero-order chi connectivity index (χ0) is 12.1. The SMILES string of the molecule is Cc1ccccc1CSCc1nnsc1NN. The highest BCUT2D eigenvalue weighted by Gasteiger charge is 2.06. The molecule has 3 N–H and O–H groups in total. The number of aryl methyl sites for hydroxylation is 1. The van der Waals surface area contributed by atoms with E-state index in [-0.39, 0.29) is 0 Å². The average molecular weight is 266 g/mol. The smallest absolute Gasteiger partial charge is 0.148 e. The second-order valence-corrected chi connectivity index (χ2v) is 5.35. The maximum Gasteiger partial charge on any atom is 0.148 e. The van der Waals surface area contributed by atoms with Crippen molar-refractivity contribution in [1.29, 1.82) is 0 Å². The van der Waals surface area contributed by atoms with E-state index < -0.39 is 0 Å². The molecule has 1 heterocycles. The molecule has 0 aliphatic carbocycles. The Morgan fingerprint density at radius 1 is 1.35 bits per heavy atom. The van der Waals surface area contributed by atoms with Crippen LogP contribution in [-0.2, 0) is 11.5 Å². The number of anilines is 1. The number of benzene rings is 1. The van der Waals surface area contributed by atoms with Crippen molar-refractivity contribution in [2.75, 3.05) is 5.43 Å². The predicted molar refractivity (Wildman–Crippen MR) is 73.9 cm³/mol. The van der Waals surface area contributed by atoms with E-state index in [9.17, 15) is 0 Å². The molecule has 1 aromatic carbocycles. The molecule has 90 valence electrons. The Kier molecular flexibility index (Phi) is 4.36. The number of nitrogens with two attached hydrogens (primary N) is 1. The quantitative estimate of drug-likeness (QED) is 0.643. The van der Waals surface area contributed by atoms with Gasteiger partial charge in [0.15, 0.2) is 0 Å². The first-order valence-corrected chi connectivity index (χ1v) is 7.14. The fourth-order valence-electron chi connectivity index (χ4n) is 1.44. The molecule has 2 rings (SSSR count). The van der Waals surface area contributed by atoms with Crippen molar-refractivity contribution >= 4 is 28.3 Å². The van der Waals surface area contributed by atoms with Crippen LogP contribution >= 0.6 is 23.3 Å². The minimum atomic E-state index is 0.824. The van der Waals surface area contributed by atoms with Crippen molar-refractivity contribution in [2.45, 2.75) is 18.4 Å². The first-order valence-electron chi connectivity index (χ1n) is 5.21. The number of hydrogen-bond acceptors (Lipinski definition) is 6. The maximum absolute atomic E-state index is 5.37. The Morgan fingerprint density at radius 2 is 2.18 bits per heavy atom. The number of hydrogen-bond donors (Lipinski definition) is 2. The molecular weight excluding hydrogens is 252 g/mol. The van der Waals surface area contributed by atoms with Gasteiger partial charge in [-0.3, -0.25) is 0 Å². The summed E-state index contributed by atoms with van der Waals surface area (Å²) in [5, 5.41) is 4.90. The molecule has 0 aliphatic heterocycles. The third-order valence-corrected chi connectivity index (χ3v) is 4.14. The molecule has 2 aromatic rings. The fourth-order valence-corrected chi connectivity index (χ4v) is 3.07. The van der Waals surface area contributed by atoms with E-state index in [0.717, 1.165) is 22.2 Å². The molecule has 0 unspecified atom stereocenters. The van der Waals surface area contributed by atoms with Gasteiger partial charge in [-0.25, -0.2) is 5.84 Å². The largest absolute Gasteiger partial charge is 0.313 e. The van der Waals surface area contributed by atoms with Gasteiger partial charge in [-0.15, -0.1) is 5.10 Å². The van der Waals surface area contributed by atoms with E-state index in [2.05, 4.69) is 46.2 Å². The van der Waals surface area contributed by atoms with Crippen molar-refractivity contribution in [3.05, 3.63) is 41.1 Å². The number of hydrazine groups is 1. The lowest BCUT2D eigenvalue weighted by Gasteiger charge is -2.04. The van der Waals surface area contributed by atoms with Crippen LogP contribution in [0.4, 0.5) is 5.00 Å². The van der Waals surface area contributed by atoms with Crippen LogP contribution in [0.25, 0.3) is 0 Å². The first kappa shape index (κ1) is 12.3. The van der Waals surface area contributed by atoms with E-state index in [0.29, 0.717) is 0 Å². The van der Waals surface area contributed by atoms with Gasteiger partial charge in [-0.1, -0.05) is 28.8 Å². The summed E-state index contributed by atoms with van der Waals surface area (Å²) in [5.41, 5.74) is 6.23. The van der Waals surface area contributed by atoms with Gasteiger partial charge in [0, 0.05) is 23.0 Å². The summed E-state index contributed by atoms with van der Waals surface area (Å²) >= 11 is 3.10. The Balaban J connectivity index is 1.90. The summed E-state index contributed by atoms with van der Waals surface area (Å²) in [5.74, 6) is 7.18. The lowest BCUT2D eigenvalue weighted by Crippen LogP contribution is -2.06. The Bertz CT molecular complexity index is 484. The van der Waals surface area contributed by atoms with E-state index in [1.165, 1.54) is 22.7 Å². The van der Waals surface area contributed by atoms with Gasteiger partial charge >= 0.3 is 0 Å². The molecule has 0 fully saturated rings. The van der Waals surface area contributed by atoms with Gasteiger partial charge < -0.3 is 5.43 Å². The molecule has 0 atom stereocenters. The molecule has 0 radical (unpaired) electrons. The van der Waals surface area contributed by atoms with E-state index >= 15 is 0 Å². The molecule has 0 spiro atoms. The number of aromatic nitrogens is 2. The van der Waals surface area contributed by atoms with Crippen LogP contribution in [0.5, 0.6) is 0 Å². The Labute approximate surface area is 109 Å². The number of nitrogen functional groups attached to an aromatic ring is 1. The minimum absolute atomic E-state index is 0.824. The summed E-state index contributed by atoms with van der Waals surface area (Å²) < 4.78 is 3.87. The summed E-state index contributed by atoms with van der Waals surface area (Å²) in [6.07, 6.45) is 0. The lowest BCUT2D eigenvalue weighted by molar-refractivity contribution is 1.07. The average Bonchev–Trinajstić information content (AvgIpc) is 2.79. The van der Waals surface area contributed by atoms with Gasteiger partial charge in [0.2, 0.25) is 0 Å². The number of nitrogens with one attached hydrogen (secondary N) is 1. The van der Waals surface area contributed by atoms with Crippen molar-refractivity contribution in [3.63, 3.8) is 0 Å². The fraction of sp³-hybridized carbons (Fsp3) is 0.273. The summed E-state index contributed by atoms with van der Waals surface area (Å²) in [4.78, 5) is 0. The van der Waals surface area contributed by atoms with Crippen LogP contribution in [-0.4, -0.2) is 9.59 Å². The molecule has 4 nitrogen and oxygen atoms in total. The van der Waals surface area contributed by atoms with Crippen LogP contribution in [0.2, 0.25) is 0 Å². The minimum Gasteiger partial charge on any atom is -0.313 e. The first-order chi connectivity index (χ1) is 8.31. The van der Waals surface area contributed by atoms with E-state index in [1.807, 2.05) is 11.8 Å². The second kappa shape index (κ2) is 6.00. The predicted octanol–water partition coefficient (Wildman–Crippen LogP) is 2.57. The van der Waals surface area contributed by atoms with Crippen LogP contribution in [0.3, 0.4) is 0 Å². The number of rotatable bonds is 5. The molecule has 0 amide bonds. The number of nitrogens with zero attached hydrogens (tertiary/aromatic N) is 2. The summed E-state index contributed by atoms with van der Waals surface area (Å²) in [6, 6.07) is 8.42. The van der Waals surface area contributed by atoms with Crippen LogP contribution in [0, 0.1) is 6.92 Å². The highest BCUT2D eigenvalue weighted by atomic mass is 32.2. The molecule has 17 heavy (non-hydrogen) atoms. The Hall–Kier alpha value is -1.11. The van der Waals surface area contributed by atoms with Crippen LogP contribution in [0.1, 0.15) is 16.8 Å². The molecule has 0 saturated heterocycles. The van der Waals surface area contributed by atoms with Crippen LogP contribution < -0.4 is 11.3 Å². The number of thioether (sulfide) groups is 1. The zero-order valence-corrected chi connectivity index (χ0v) is 11.1. The van der Waals surface area contributed by atoms with Gasteiger partial charge in [-0.2, -0.15) is 11.8 Å². The lowest BCUT2D eigenvalue weighted by atomic mass is 10.1. The molecular formula is C11H14N4S2. The molecule has 6 heteroatoms. The molecule has 0 bridgehead atoms. The molecule has 0 saturated carbocycles. The molecule has 1 aromatic heterocycles. The highest BCUT2D eigenvalue weighted by Crippen LogP contribution is 2.24. The monoisotopic (exact) mass is 266 g/mol. The van der Waals surface area contributed by atoms with E-state index in [1.54, 1.807) is 0 Å². The Morgan fingerprint density at radius 3 is 2.94 bits per heavy atom. The summed E-state index contributed by atoms with van der Waals surface area (Å²) in [6.45, 7) is 2.13. The van der Waals surface area contributed by atoms with Gasteiger partial charge in [-0.05, 0) is 18.1 Å². The van der Waals surface area contributed by atoms with Crippen molar-refractivity contribution in [3.8, 4) is 0 Å².